The van der Waals surface area contributed by atoms with Crippen LogP contribution in [-0.2, 0) is 0 Å². The second kappa shape index (κ2) is 7.15. The standard InChI is InChI=1S/C12H19/c1-2-4-6-8-10-12-11-9-7-5-3-1/h1-2,5,7,10H,3-4,6,8-9,11-12H2/b2-1-,7-5-. The van der Waals surface area contributed by atoms with Gasteiger partial charge in [-0.3, -0.25) is 0 Å². The van der Waals surface area contributed by atoms with Crippen molar-refractivity contribution in [3.05, 3.63) is 30.7 Å². The van der Waals surface area contributed by atoms with Crippen LogP contribution in [0.3, 0.4) is 0 Å². The molecule has 0 bridgehead atoms. The summed E-state index contributed by atoms with van der Waals surface area (Å²) in [6.07, 6.45) is 20.5. The molecular weight excluding hydrogens is 144 g/mol. The molecule has 0 aromatic rings. The van der Waals surface area contributed by atoms with Crippen LogP contribution in [0.25, 0.3) is 0 Å². The second-order valence-electron chi connectivity index (χ2n) is 3.33. The fourth-order valence-electron chi connectivity index (χ4n) is 1.41. The Kier molecular flexibility index (Phi) is 5.70. The lowest BCUT2D eigenvalue weighted by atomic mass is 10.1. The molecule has 0 aromatic carbocycles. The molecule has 0 spiro atoms. The van der Waals surface area contributed by atoms with Crippen molar-refractivity contribution in [3.63, 3.8) is 0 Å². The minimum atomic E-state index is 1.13. The van der Waals surface area contributed by atoms with Gasteiger partial charge in [0.25, 0.3) is 0 Å². The van der Waals surface area contributed by atoms with Crippen LogP contribution in [0.4, 0.5) is 0 Å². The summed E-state index contributed by atoms with van der Waals surface area (Å²) in [7, 11) is 0. The van der Waals surface area contributed by atoms with Crippen molar-refractivity contribution in [2.75, 3.05) is 0 Å². The van der Waals surface area contributed by atoms with E-state index in [0.29, 0.717) is 0 Å². The molecule has 0 atom stereocenters. The average molecular weight is 163 g/mol. The summed E-state index contributed by atoms with van der Waals surface area (Å²) >= 11 is 0. The Balaban J connectivity index is 2.20. The van der Waals surface area contributed by atoms with Crippen LogP contribution >= 0.6 is 0 Å². The van der Waals surface area contributed by atoms with E-state index in [4.69, 9.17) is 0 Å². The van der Waals surface area contributed by atoms with E-state index in [1.807, 2.05) is 0 Å². The lowest BCUT2D eigenvalue weighted by Gasteiger charge is -1.98. The van der Waals surface area contributed by atoms with E-state index < -0.39 is 0 Å². The van der Waals surface area contributed by atoms with Gasteiger partial charge in [-0.1, -0.05) is 24.3 Å². The van der Waals surface area contributed by atoms with Crippen molar-refractivity contribution in [1.29, 1.82) is 0 Å². The van der Waals surface area contributed by atoms with Crippen LogP contribution in [-0.4, -0.2) is 0 Å². The van der Waals surface area contributed by atoms with Crippen molar-refractivity contribution in [1.82, 2.24) is 0 Å². The van der Waals surface area contributed by atoms with Gasteiger partial charge < -0.3 is 0 Å². The van der Waals surface area contributed by atoms with Gasteiger partial charge >= 0.3 is 0 Å². The Morgan fingerprint density at radius 2 is 1.17 bits per heavy atom. The van der Waals surface area contributed by atoms with E-state index in [2.05, 4.69) is 30.7 Å². The normalized spacial score (nSPS) is 26.7. The van der Waals surface area contributed by atoms with Gasteiger partial charge in [0.15, 0.2) is 0 Å². The first-order chi connectivity index (χ1) is 6.00. The Bertz CT molecular complexity index is 126. The first kappa shape index (κ1) is 9.57. The Hall–Kier alpha value is -0.520. The molecule has 0 heteroatoms. The van der Waals surface area contributed by atoms with Crippen LogP contribution < -0.4 is 0 Å². The minimum absolute atomic E-state index is 1.13. The first-order valence-corrected chi connectivity index (χ1v) is 5.12. The summed E-state index contributed by atoms with van der Waals surface area (Å²) in [4.78, 5) is 0. The molecule has 1 aliphatic rings. The lowest BCUT2D eigenvalue weighted by molar-refractivity contribution is 0.737. The monoisotopic (exact) mass is 163 g/mol. The molecule has 1 aliphatic carbocycles. The quantitative estimate of drug-likeness (QED) is 0.473. The van der Waals surface area contributed by atoms with Crippen LogP contribution in [0.15, 0.2) is 24.3 Å². The summed E-state index contributed by atoms with van der Waals surface area (Å²) in [5.41, 5.74) is 0. The second-order valence-corrected chi connectivity index (χ2v) is 3.33. The van der Waals surface area contributed by atoms with Crippen molar-refractivity contribution in [2.24, 2.45) is 0 Å². The number of hydrogen-bond acceptors (Lipinski definition) is 0. The fraction of sp³-hybridized carbons (Fsp3) is 0.583. The summed E-state index contributed by atoms with van der Waals surface area (Å²) in [6, 6.07) is 0. The molecular formula is C12H19. The molecule has 1 rings (SSSR count). The maximum Gasteiger partial charge on any atom is -0.0169 e. The highest BCUT2D eigenvalue weighted by Gasteiger charge is 1.89. The largest absolute Gasteiger partial charge is 0.0882 e. The molecule has 0 saturated heterocycles. The lowest BCUT2D eigenvalue weighted by Crippen LogP contribution is -1.80. The minimum Gasteiger partial charge on any atom is -0.0882 e. The van der Waals surface area contributed by atoms with E-state index in [-0.39, 0.29) is 0 Å². The molecule has 12 heavy (non-hydrogen) atoms. The molecule has 0 aliphatic heterocycles. The summed E-state index contributed by atoms with van der Waals surface area (Å²) in [6.45, 7) is 0. The average Bonchev–Trinajstić information content (AvgIpc) is 2.05. The third-order valence-electron chi connectivity index (χ3n) is 2.16. The Morgan fingerprint density at radius 3 is 1.75 bits per heavy atom. The molecule has 0 aromatic heterocycles. The van der Waals surface area contributed by atoms with Crippen LogP contribution in [0.2, 0.25) is 0 Å². The third-order valence-corrected chi connectivity index (χ3v) is 2.16. The number of hydrogen-bond donors (Lipinski definition) is 0. The zero-order valence-corrected chi connectivity index (χ0v) is 7.84. The fourth-order valence-corrected chi connectivity index (χ4v) is 1.41. The molecule has 67 valence electrons. The van der Waals surface area contributed by atoms with Gasteiger partial charge in [-0.25, -0.2) is 0 Å². The zero-order chi connectivity index (χ0) is 8.49. The molecule has 0 N–H and O–H groups in total. The Morgan fingerprint density at radius 1 is 0.583 bits per heavy atom. The zero-order valence-electron chi connectivity index (χ0n) is 7.84. The summed E-state index contributed by atoms with van der Waals surface area (Å²) in [5, 5.41) is 0. The van der Waals surface area contributed by atoms with Crippen molar-refractivity contribution in [3.8, 4) is 0 Å². The van der Waals surface area contributed by atoms with E-state index in [0.717, 1.165) is 6.42 Å². The van der Waals surface area contributed by atoms with Gasteiger partial charge in [0.2, 0.25) is 0 Å². The van der Waals surface area contributed by atoms with Gasteiger partial charge in [-0.15, -0.1) is 0 Å². The van der Waals surface area contributed by atoms with Gasteiger partial charge in [0.05, 0.1) is 0 Å². The summed E-state index contributed by atoms with van der Waals surface area (Å²) < 4.78 is 0. The van der Waals surface area contributed by atoms with Gasteiger partial charge in [-0.2, -0.15) is 0 Å². The van der Waals surface area contributed by atoms with Crippen molar-refractivity contribution in [2.45, 2.75) is 44.9 Å². The van der Waals surface area contributed by atoms with E-state index in [1.165, 1.54) is 38.5 Å². The Labute approximate surface area is 76.4 Å². The molecule has 0 saturated carbocycles. The van der Waals surface area contributed by atoms with Gasteiger partial charge in [0.1, 0.15) is 0 Å². The van der Waals surface area contributed by atoms with Crippen LogP contribution in [0, 0.1) is 6.42 Å². The number of rotatable bonds is 0. The topological polar surface area (TPSA) is 0 Å². The number of allylic oxidation sites excluding steroid dienone is 4. The van der Waals surface area contributed by atoms with Crippen LogP contribution in [0.1, 0.15) is 44.9 Å². The predicted octanol–water partition coefficient (Wildman–Crippen LogP) is 4.05. The highest BCUT2D eigenvalue weighted by molar-refractivity contribution is 4.93. The maximum atomic E-state index is 2.43. The molecule has 0 nitrogen and oxygen atoms in total. The SMILES string of the molecule is [CH]1CCC/C=C\C/C=C\CCC1. The molecule has 0 unspecified atom stereocenters. The maximum absolute atomic E-state index is 2.43. The van der Waals surface area contributed by atoms with Crippen LogP contribution in [0.5, 0.6) is 0 Å². The smallest absolute Gasteiger partial charge is 0.0169 e. The van der Waals surface area contributed by atoms with Crippen molar-refractivity contribution < 1.29 is 0 Å². The third kappa shape index (κ3) is 5.17. The van der Waals surface area contributed by atoms with E-state index >= 15 is 0 Å². The highest BCUT2D eigenvalue weighted by atomic mass is 14.0. The van der Waals surface area contributed by atoms with Crippen molar-refractivity contribution >= 4 is 0 Å². The highest BCUT2D eigenvalue weighted by Crippen LogP contribution is 2.08. The first-order valence-electron chi connectivity index (χ1n) is 5.12. The van der Waals surface area contributed by atoms with E-state index in [1.54, 1.807) is 0 Å². The predicted molar refractivity (Wildman–Crippen MR) is 54.9 cm³/mol. The van der Waals surface area contributed by atoms with Gasteiger partial charge in [0, 0.05) is 0 Å². The van der Waals surface area contributed by atoms with E-state index in [9.17, 15) is 0 Å². The summed E-state index contributed by atoms with van der Waals surface area (Å²) in [5.74, 6) is 0. The molecule has 0 amide bonds. The molecule has 1 radical (unpaired) electrons. The molecule has 0 fully saturated rings. The molecule has 0 heterocycles. The van der Waals surface area contributed by atoms with Gasteiger partial charge in [-0.05, 0) is 51.4 Å².